The van der Waals surface area contributed by atoms with E-state index in [1.54, 1.807) is 29.2 Å². The molecule has 2 N–H and O–H groups in total. The summed E-state index contributed by atoms with van der Waals surface area (Å²) in [5.74, 6) is -0.725. The molecule has 0 saturated heterocycles. The molecule has 39 heavy (non-hydrogen) atoms. The van der Waals surface area contributed by atoms with Crippen molar-refractivity contribution in [3.63, 3.8) is 0 Å². The minimum atomic E-state index is -4.90. The Morgan fingerprint density at radius 3 is 2.26 bits per heavy atom. The first-order valence-electron chi connectivity index (χ1n) is 11.5. The van der Waals surface area contributed by atoms with Gasteiger partial charge in [0.05, 0.1) is 24.4 Å². The summed E-state index contributed by atoms with van der Waals surface area (Å²) in [4.78, 5) is 1.61. The largest absolute Gasteiger partial charge is 0.573 e. The van der Waals surface area contributed by atoms with Crippen LogP contribution in [0, 0.1) is 0 Å². The predicted molar refractivity (Wildman–Crippen MR) is 125 cm³/mol. The van der Waals surface area contributed by atoms with Crippen LogP contribution in [0.3, 0.4) is 0 Å². The van der Waals surface area contributed by atoms with E-state index in [1.807, 2.05) is 0 Å². The molecule has 1 heterocycles. The topological polar surface area (TPSA) is 71.4 Å². The molecular formula is C26H22F7NO5. The molecule has 6 nitrogen and oxygen atoms in total. The molecule has 0 bridgehead atoms. The van der Waals surface area contributed by atoms with Gasteiger partial charge in [-0.2, -0.15) is 17.6 Å². The van der Waals surface area contributed by atoms with Crippen LogP contribution in [0.25, 0.3) is 11.1 Å². The van der Waals surface area contributed by atoms with Crippen molar-refractivity contribution in [1.29, 1.82) is 0 Å². The highest BCUT2D eigenvalue weighted by Gasteiger charge is 2.44. The summed E-state index contributed by atoms with van der Waals surface area (Å²) in [5, 5.41) is 19.7. The van der Waals surface area contributed by atoms with Crippen molar-refractivity contribution >= 4 is 5.69 Å². The van der Waals surface area contributed by atoms with Gasteiger partial charge in [0.2, 0.25) is 0 Å². The van der Waals surface area contributed by atoms with E-state index in [0.29, 0.717) is 22.4 Å². The SMILES string of the molecule is OC[C@@H](O)CN1c2cccc(-c3cccc(OC(F)(F)F)c3)c2OC[C@@H]1c1cccc(OC(F)(F)C(F)F)c1. The number of fused-ring (bicyclic) bond motifs is 1. The summed E-state index contributed by atoms with van der Waals surface area (Å²) in [6.45, 7) is -0.897. The molecule has 0 spiro atoms. The van der Waals surface area contributed by atoms with Crippen LogP contribution in [-0.2, 0) is 0 Å². The van der Waals surface area contributed by atoms with Gasteiger partial charge in [0.1, 0.15) is 18.1 Å². The normalized spacial score (nSPS) is 16.5. The Bertz CT molecular complexity index is 1290. The lowest BCUT2D eigenvalue weighted by atomic mass is 9.98. The Labute approximate surface area is 217 Å². The summed E-state index contributed by atoms with van der Waals surface area (Å²) < 4.78 is 105. The third kappa shape index (κ3) is 6.66. The summed E-state index contributed by atoms with van der Waals surface area (Å²) in [6.07, 6.45) is -14.9. The number of rotatable bonds is 9. The van der Waals surface area contributed by atoms with Gasteiger partial charge in [-0.25, -0.2) is 0 Å². The number of alkyl halides is 7. The first kappa shape index (κ1) is 28.3. The standard InChI is InChI=1S/C26H22F7NO5/c27-24(28)25(29,30)38-18-6-2-5-16(11-18)22-14-37-23-20(8-3-9-21(23)34(22)12-17(36)13-35)15-4-1-7-19(10-15)39-26(31,32)33/h1-11,17,22,24,35-36H,12-14H2/t17-,22+/m0/s1. The minimum Gasteiger partial charge on any atom is -0.488 e. The van der Waals surface area contributed by atoms with Crippen LogP contribution in [0.1, 0.15) is 11.6 Å². The van der Waals surface area contributed by atoms with Crippen molar-refractivity contribution in [1.82, 2.24) is 0 Å². The third-order valence-electron chi connectivity index (χ3n) is 5.81. The van der Waals surface area contributed by atoms with Gasteiger partial charge in [0.15, 0.2) is 5.75 Å². The average molecular weight is 561 g/mol. The maximum absolute atomic E-state index is 13.5. The summed E-state index contributed by atoms with van der Waals surface area (Å²) >= 11 is 0. The number of benzene rings is 3. The molecule has 1 aliphatic heterocycles. The fourth-order valence-corrected chi connectivity index (χ4v) is 4.18. The second-order valence-electron chi connectivity index (χ2n) is 8.58. The number of hydrogen-bond acceptors (Lipinski definition) is 6. The molecule has 0 unspecified atom stereocenters. The van der Waals surface area contributed by atoms with Gasteiger partial charge in [0.25, 0.3) is 0 Å². The minimum absolute atomic E-state index is 0.129. The van der Waals surface area contributed by atoms with Crippen LogP contribution in [-0.4, -0.2) is 55.0 Å². The monoisotopic (exact) mass is 561 g/mol. The van der Waals surface area contributed by atoms with Gasteiger partial charge < -0.3 is 29.3 Å². The van der Waals surface area contributed by atoms with E-state index < -0.39 is 49.1 Å². The number of aliphatic hydroxyl groups excluding tert-OH is 2. The molecule has 0 aromatic heterocycles. The zero-order chi connectivity index (χ0) is 28.4. The quantitative estimate of drug-likeness (QED) is 0.323. The summed E-state index contributed by atoms with van der Waals surface area (Å²) in [5.41, 5.74) is 1.43. The van der Waals surface area contributed by atoms with Crippen LogP contribution in [0.2, 0.25) is 0 Å². The lowest BCUT2D eigenvalue weighted by Gasteiger charge is -2.40. The second kappa shape index (κ2) is 11.2. The molecule has 13 heteroatoms. The van der Waals surface area contributed by atoms with E-state index in [1.165, 1.54) is 24.3 Å². The summed E-state index contributed by atoms with van der Waals surface area (Å²) in [7, 11) is 0. The maximum atomic E-state index is 13.5. The molecule has 2 atom stereocenters. The molecule has 210 valence electrons. The van der Waals surface area contributed by atoms with Gasteiger partial charge in [-0.05, 0) is 41.5 Å². The first-order chi connectivity index (χ1) is 18.4. The Hall–Kier alpha value is -3.71. The molecule has 3 aromatic rings. The molecule has 1 aliphatic rings. The van der Waals surface area contributed by atoms with E-state index in [4.69, 9.17) is 4.74 Å². The molecule has 0 aliphatic carbocycles. The predicted octanol–water partition coefficient (Wildman–Crippen LogP) is 5.78. The van der Waals surface area contributed by atoms with Gasteiger partial charge in [-0.3, -0.25) is 0 Å². The zero-order valence-corrected chi connectivity index (χ0v) is 19.9. The maximum Gasteiger partial charge on any atom is 0.573 e. The van der Waals surface area contributed by atoms with E-state index >= 15 is 0 Å². The fraction of sp³-hybridized carbons (Fsp3) is 0.308. The molecular weight excluding hydrogens is 539 g/mol. The molecule has 4 rings (SSSR count). The van der Waals surface area contributed by atoms with Gasteiger partial charge >= 0.3 is 18.9 Å². The summed E-state index contributed by atoms with van der Waals surface area (Å²) in [6, 6.07) is 14.3. The Morgan fingerprint density at radius 1 is 0.923 bits per heavy atom. The number of halogens is 7. The van der Waals surface area contributed by atoms with E-state index in [0.717, 1.165) is 18.2 Å². The van der Waals surface area contributed by atoms with E-state index in [-0.39, 0.29) is 18.9 Å². The van der Waals surface area contributed by atoms with Crippen molar-refractivity contribution in [2.75, 3.05) is 24.7 Å². The van der Waals surface area contributed by atoms with Gasteiger partial charge in [-0.15, -0.1) is 13.2 Å². The van der Waals surface area contributed by atoms with Crippen molar-refractivity contribution < 1.29 is 55.2 Å². The van der Waals surface area contributed by atoms with Gasteiger partial charge in [-0.1, -0.05) is 36.4 Å². The lowest BCUT2D eigenvalue weighted by Crippen LogP contribution is -2.42. The highest BCUT2D eigenvalue weighted by atomic mass is 19.4. The molecule has 0 saturated carbocycles. The average Bonchev–Trinajstić information content (AvgIpc) is 2.87. The number of ether oxygens (including phenoxy) is 3. The lowest BCUT2D eigenvalue weighted by molar-refractivity contribution is -0.274. The molecule has 0 amide bonds. The van der Waals surface area contributed by atoms with Crippen LogP contribution < -0.4 is 19.1 Å². The van der Waals surface area contributed by atoms with Crippen molar-refractivity contribution in [2.45, 2.75) is 31.0 Å². The smallest absolute Gasteiger partial charge is 0.488 e. The zero-order valence-electron chi connectivity index (χ0n) is 19.9. The molecule has 0 fully saturated rings. The highest BCUT2D eigenvalue weighted by molar-refractivity contribution is 5.80. The number of para-hydroxylation sites is 1. The van der Waals surface area contributed by atoms with Crippen LogP contribution in [0.4, 0.5) is 36.4 Å². The Morgan fingerprint density at radius 2 is 1.59 bits per heavy atom. The Balaban J connectivity index is 1.72. The fourth-order valence-electron chi connectivity index (χ4n) is 4.18. The van der Waals surface area contributed by atoms with Gasteiger partial charge in [0, 0.05) is 12.1 Å². The van der Waals surface area contributed by atoms with Crippen molar-refractivity contribution in [3.05, 3.63) is 72.3 Å². The van der Waals surface area contributed by atoms with Crippen LogP contribution >= 0.6 is 0 Å². The first-order valence-corrected chi connectivity index (χ1v) is 11.5. The highest BCUT2D eigenvalue weighted by Crippen LogP contribution is 2.46. The number of anilines is 1. The number of nitrogens with zero attached hydrogens (tertiary/aromatic N) is 1. The van der Waals surface area contributed by atoms with Crippen LogP contribution in [0.5, 0.6) is 17.2 Å². The van der Waals surface area contributed by atoms with Crippen molar-refractivity contribution in [3.8, 4) is 28.4 Å². The molecule has 0 radical (unpaired) electrons. The Kier molecular flexibility index (Phi) is 8.12. The number of β-amino-alcohol motifs (C(OH)–C–C–N with tert-alkyl or cyclic N) is 1. The van der Waals surface area contributed by atoms with E-state index in [2.05, 4.69) is 9.47 Å². The number of hydrogen-bond donors (Lipinski definition) is 2. The van der Waals surface area contributed by atoms with Crippen molar-refractivity contribution in [2.24, 2.45) is 0 Å². The molecule has 3 aromatic carbocycles. The third-order valence-corrected chi connectivity index (χ3v) is 5.81. The van der Waals surface area contributed by atoms with Crippen LogP contribution in [0.15, 0.2) is 66.7 Å². The second-order valence-corrected chi connectivity index (χ2v) is 8.58. The van der Waals surface area contributed by atoms with E-state index in [9.17, 15) is 40.9 Å². The number of aliphatic hydroxyl groups is 2.